The third kappa shape index (κ3) is 3.31. The highest BCUT2D eigenvalue weighted by atomic mass is 14.8. The van der Waals surface area contributed by atoms with E-state index in [1.54, 1.807) is 13.1 Å². The van der Waals surface area contributed by atoms with E-state index in [1.807, 2.05) is 19.9 Å². The van der Waals surface area contributed by atoms with Crippen molar-refractivity contribution in [3.8, 4) is 6.07 Å². The maximum absolute atomic E-state index is 8.31. The highest BCUT2D eigenvalue weighted by Crippen LogP contribution is 1.90. The highest BCUT2D eigenvalue weighted by Gasteiger charge is 1.89. The Kier molecular flexibility index (Phi) is 4.67. The number of hydrogen-bond donors (Lipinski definition) is 0. The van der Waals surface area contributed by atoms with Crippen molar-refractivity contribution in [2.75, 3.05) is 0 Å². The summed E-state index contributed by atoms with van der Waals surface area (Å²) < 4.78 is 0. The van der Waals surface area contributed by atoms with Crippen molar-refractivity contribution in [3.05, 3.63) is 23.8 Å². The van der Waals surface area contributed by atoms with Gasteiger partial charge in [0.25, 0.3) is 0 Å². The fourth-order valence-electron chi connectivity index (χ4n) is 0.517. The van der Waals surface area contributed by atoms with Crippen LogP contribution < -0.4 is 0 Å². The fourth-order valence-corrected chi connectivity index (χ4v) is 0.517. The van der Waals surface area contributed by atoms with Gasteiger partial charge in [-0.05, 0) is 6.92 Å². The Hall–Kier alpha value is -1.43. The summed E-state index contributed by atoms with van der Waals surface area (Å²) in [4.78, 5) is 7.64. The third-order valence-corrected chi connectivity index (χ3v) is 0.870. The molecule has 0 aliphatic heterocycles. The summed E-state index contributed by atoms with van der Waals surface area (Å²) in [6.45, 7) is 5.80. The first-order valence-corrected chi connectivity index (χ1v) is 3.51. The van der Waals surface area contributed by atoms with E-state index in [4.69, 9.17) is 5.26 Å². The number of nitrogens with zero attached hydrogens (tertiary/aromatic N) is 3. The molecule has 1 rings (SSSR count). The van der Waals surface area contributed by atoms with E-state index in [9.17, 15) is 0 Å². The normalized spacial score (nSPS) is 7.45. The summed E-state index contributed by atoms with van der Waals surface area (Å²) in [6.07, 6.45) is 3.05. The van der Waals surface area contributed by atoms with Crippen molar-refractivity contribution >= 4 is 0 Å². The molecule has 1 heterocycles. The molecular weight excluding hydrogens is 138 g/mol. The molecule has 3 heteroatoms. The number of aryl methyl sites for hydroxylation is 1. The van der Waals surface area contributed by atoms with Crippen LogP contribution in [0.25, 0.3) is 0 Å². The summed E-state index contributed by atoms with van der Waals surface area (Å²) in [7, 11) is 0. The van der Waals surface area contributed by atoms with Crippen molar-refractivity contribution in [3.63, 3.8) is 0 Å². The fraction of sp³-hybridized carbons (Fsp3) is 0.375. The predicted octanol–water partition coefficient (Wildman–Crippen LogP) is 1.68. The Labute approximate surface area is 66.7 Å². The van der Waals surface area contributed by atoms with Crippen molar-refractivity contribution in [2.24, 2.45) is 0 Å². The lowest BCUT2D eigenvalue weighted by Crippen LogP contribution is -1.86. The monoisotopic (exact) mass is 149 g/mol. The molecule has 1 aromatic heterocycles. The van der Waals surface area contributed by atoms with Crippen LogP contribution in [-0.2, 0) is 0 Å². The maximum atomic E-state index is 8.31. The van der Waals surface area contributed by atoms with Gasteiger partial charge >= 0.3 is 0 Å². The minimum atomic E-state index is 0.370. The number of aromatic nitrogens is 2. The molecule has 0 aliphatic carbocycles. The topological polar surface area (TPSA) is 49.6 Å². The van der Waals surface area contributed by atoms with E-state index in [0.29, 0.717) is 5.69 Å². The van der Waals surface area contributed by atoms with Crippen LogP contribution in [0.2, 0.25) is 0 Å². The van der Waals surface area contributed by atoms with Crippen LogP contribution >= 0.6 is 0 Å². The highest BCUT2D eigenvalue weighted by molar-refractivity contribution is 5.16. The molecule has 3 nitrogen and oxygen atoms in total. The Bertz CT molecular complexity index is 250. The molecule has 0 saturated carbocycles. The molecular formula is C8H11N3. The lowest BCUT2D eigenvalue weighted by Gasteiger charge is -1.87. The molecule has 0 N–H and O–H groups in total. The molecule has 0 unspecified atom stereocenters. The zero-order valence-electron chi connectivity index (χ0n) is 7.00. The van der Waals surface area contributed by atoms with Crippen LogP contribution in [-0.4, -0.2) is 9.97 Å². The van der Waals surface area contributed by atoms with Crippen molar-refractivity contribution < 1.29 is 0 Å². The van der Waals surface area contributed by atoms with Crippen LogP contribution in [0.15, 0.2) is 12.4 Å². The van der Waals surface area contributed by atoms with E-state index < -0.39 is 0 Å². The van der Waals surface area contributed by atoms with Gasteiger partial charge in [-0.15, -0.1) is 0 Å². The van der Waals surface area contributed by atoms with Gasteiger partial charge in [0.15, 0.2) is 5.69 Å². The second-order valence-corrected chi connectivity index (χ2v) is 1.66. The molecule has 0 spiro atoms. The van der Waals surface area contributed by atoms with Crippen molar-refractivity contribution in [2.45, 2.75) is 20.8 Å². The molecule has 58 valence electrons. The third-order valence-electron chi connectivity index (χ3n) is 0.870. The average molecular weight is 149 g/mol. The summed E-state index contributed by atoms with van der Waals surface area (Å²) in [5, 5.41) is 8.31. The van der Waals surface area contributed by atoms with Gasteiger partial charge in [0.2, 0.25) is 0 Å². The van der Waals surface area contributed by atoms with E-state index in [0.717, 1.165) is 5.69 Å². The number of nitriles is 1. The van der Waals surface area contributed by atoms with Gasteiger partial charge in [-0.25, -0.2) is 4.98 Å². The van der Waals surface area contributed by atoms with E-state index in [1.165, 1.54) is 6.20 Å². The largest absolute Gasteiger partial charge is 0.260 e. The molecule has 0 saturated heterocycles. The molecule has 1 aromatic rings. The maximum Gasteiger partial charge on any atom is 0.159 e. The van der Waals surface area contributed by atoms with Gasteiger partial charge in [-0.2, -0.15) is 5.26 Å². The minimum Gasteiger partial charge on any atom is -0.260 e. The summed E-state index contributed by atoms with van der Waals surface area (Å²) in [5.74, 6) is 0. The van der Waals surface area contributed by atoms with Crippen LogP contribution in [0.4, 0.5) is 0 Å². The minimum absolute atomic E-state index is 0.370. The van der Waals surface area contributed by atoms with E-state index in [2.05, 4.69) is 9.97 Å². The van der Waals surface area contributed by atoms with Gasteiger partial charge in [-0.3, -0.25) is 4.98 Å². The zero-order valence-corrected chi connectivity index (χ0v) is 7.00. The number of hydrogen-bond acceptors (Lipinski definition) is 3. The van der Waals surface area contributed by atoms with Crippen LogP contribution in [0.3, 0.4) is 0 Å². The predicted molar refractivity (Wildman–Crippen MR) is 42.8 cm³/mol. The van der Waals surface area contributed by atoms with Crippen molar-refractivity contribution in [1.29, 1.82) is 5.26 Å². The van der Waals surface area contributed by atoms with Crippen LogP contribution in [0.5, 0.6) is 0 Å². The van der Waals surface area contributed by atoms with Gasteiger partial charge in [-0.1, -0.05) is 13.8 Å². The van der Waals surface area contributed by atoms with Crippen LogP contribution in [0.1, 0.15) is 25.2 Å². The standard InChI is InChI=1S/C6H5N3.C2H6/c1-5-3-8-4-6(2-7)9-5;1-2/h3-4H,1H3;1-2H3. The first-order valence-electron chi connectivity index (χ1n) is 3.51. The van der Waals surface area contributed by atoms with Crippen LogP contribution in [0, 0.1) is 18.3 Å². The van der Waals surface area contributed by atoms with Gasteiger partial charge in [0, 0.05) is 6.20 Å². The first-order chi connectivity index (χ1) is 5.33. The Morgan fingerprint density at radius 1 is 1.36 bits per heavy atom. The van der Waals surface area contributed by atoms with Gasteiger partial charge in [0.1, 0.15) is 6.07 Å². The van der Waals surface area contributed by atoms with E-state index >= 15 is 0 Å². The molecule has 0 bridgehead atoms. The van der Waals surface area contributed by atoms with Gasteiger partial charge in [0.05, 0.1) is 11.9 Å². The summed E-state index contributed by atoms with van der Waals surface area (Å²) in [5.41, 5.74) is 1.14. The second-order valence-electron chi connectivity index (χ2n) is 1.66. The molecule has 0 radical (unpaired) electrons. The van der Waals surface area contributed by atoms with E-state index in [-0.39, 0.29) is 0 Å². The summed E-state index contributed by atoms with van der Waals surface area (Å²) >= 11 is 0. The second kappa shape index (κ2) is 5.36. The van der Waals surface area contributed by atoms with Gasteiger partial charge < -0.3 is 0 Å². The number of rotatable bonds is 0. The zero-order chi connectivity index (χ0) is 8.69. The Balaban J connectivity index is 0.000000461. The average Bonchev–Trinajstić information content (AvgIpc) is 2.08. The molecule has 0 atom stereocenters. The smallest absolute Gasteiger partial charge is 0.159 e. The molecule has 0 amide bonds. The quantitative estimate of drug-likeness (QED) is 0.564. The van der Waals surface area contributed by atoms with Crippen molar-refractivity contribution in [1.82, 2.24) is 9.97 Å². The SMILES string of the molecule is CC.Cc1cncc(C#N)n1. The Morgan fingerprint density at radius 2 is 2.00 bits per heavy atom. The first kappa shape index (κ1) is 9.57. The molecule has 0 aromatic carbocycles. The summed E-state index contributed by atoms with van der Waals surface area (Å²) in [6, 6.07) is 1.89. The molecule has 0 fully saturated rings. The lowest BCUT2D eigenvalue weighted by atomic mass is 10.4. The molecule has 0 aliphatic rings. The molecule has 11 heavy (non-hydrogen) atoms. The Morgan fingerprint density at radius 3 is 2.36 bits per heavy atom. The lowest BCUT2D eigenvalue weighted by molar-refractivity contribution is 1.09.